The van der Waals surface area contributed by atoms with Gasteiger partial charge in [-0.1, -0.05) is 11.6 Å². The van der Waals surface area contributed by atoms with Gasteiger partial charge in [-0.3, -0.25) is 4.79 Å². The number of nitrogens with two attached hydrogens (primary N) is 1. The van der Waals surface area contributed by atoms with Crippen LogP contribution in [0.4, 0.5) is 5.95 Å². The summed E-state index contributed by atoms with van der Waals surface area (Å²) in [5, 5.41) is 3.52. The lowest BCUT2D eigenvalue weighted by Crippen LogP contribution is -2.34. The standard InChI is InChI=1S/C25H36ClN5O2/c1-17-13-22(14-18(2)23(17)24(32)28-9-6-19(3)27)33-12-4-5-20-7-10-31(11-8-20)25-29-15-21(26)16-30-25/h13-16,19-20H,4-12,27H2,1-3H3,(H,28,32)/t19-/m0/s1. The van der Waals surface area contributed by atoms with Crippen molar-refractivity contribution in [3.8, 4) is 5.75 Å². The molecule has 0 aliphatic carbocycles. The molecule has 1 aliphatic heterocycles. The van der Waals surface area contributed by atoms with Crippen LogP contribution in [-0.2, 0) is 0 Å². The Morgan fingerprint density at radius 1 is 1.24 bits per heavy atom. The number of anilines is 1. The van der Waals surface area contributed by atoms with Crippen molar-refractivity contribution in [2.75, 3.05) is 31.1 Å². The number of nitrogens with zero attached hydrogens (tertiary/aromatic N) is 3. The highest BCUT2D eigenvalue weighted by atomic mass is 35.5. The lowest BCUT2D eigenvalue weighted by atomic mass is 9.92. The van der Waals surface area contributed by atoms with Gasteiger partial charge in [-0.25, -0.2) is 9.97 Å². The van der Waals surface area contributed by atoms with Crippen LogP contribution in [0.5, 0.6) is 5.75 Å². The molecule has 1 aromatic heterocycles. The van der Waals surface area contributed by atoms with E-state index in [0.717, 1.165) is 73.6 Å². The highest BCUT2D eigenvalue weighted by Crippen LogP contribution is 2.26. The quantitative estimate of drug-likeness (QED) is 0.500. The topological polar surface area (TPSA) is 93.4 Å². The summed E-state index contributed by atoms with van der Waals surface area (Å²) < 4.78 is 6.02. The van der Waals surface area contributed by atoms with Gasteiger partial charge in [0.15, 0.2) is 0 Å². The molecule has 2 heterocycles. The van der Waals surface area contributed by atoms with Crippen LogP contribution in [0.15, 0.2) is 24.5 Å². The summed E-state index contributed by atoms with van der Waals surface area (Å²) in [6.07, 6.45) is 8.50. The van der Waals surface area contributed by atoms with Crippen molar-refractivity contribution in [3.05, 3.63) is 46.2 Å². The molecule has 0 spiro atoms. The average Bonchev–Trinajstić information content (AvgIpc) is 2.77. The molecule has 1 amide bonds. The number of hydrogen-bond acceptors (Lipinski definition) is 6. The van der Waals surface area contributed by atoms with E-state index in [-0.39, 0.29) is 11.9 Å². The van der Waals surface area contributed by atoms with Gasteiger partial charge in [-0.2, -0.15) is 0 Å². The minimum atomic E-state index is -0.0486. The van der Waals surface area contributed by atoms with Gasteiger partial charge < -0.3 is 20.7 Å². The number of hydrogen-bond donors (Lipinski definition) is 2. The normalized spacial score (nSPS) is 15.4. The lowest BCUT2D eigenvalue weighted by Gasteiger charge is -2.32. The Labute approximate surface area is 202 Å². The van der Waals surface area contributed by atoms with Crippen LogP contribution >= 0.6 is 11.6 Å². The number of piperidine rings is 1. The third kappa shape index (κ3) is 7.57. The number of amides is 1. The Balaban J connectivity index is 1.40. The fourth-order valence-corrected chi connectivity index (χ4v) is 4.42. The van der Waals surface area contributed by atoms with Gasteiger partial charge >= 0.3 is 0 Å². The van der Waals surface area contributed by atoms with E-state index in [1.165, 1.54) is 0 Å². The second-order valence-corrected chi connectivity index (χ2v) is 9.51. The summed E-state index contributed by atoms with van der Waals surface area (Å²) in [6, 6.07) is 3.99. The molecular formula is C25H36ClN5O2. The third-order valence-corrected chi connectivity index (χ3v) is 6.34. The first-order valence-corrected chi connectivity index (χ1v) is 12.2. The average molecular weight is 474 g/mol. The van der Waals surface area contributed by atoms with Gasteiger partial charge in [-0.15, -0.1) is 0 Å². The summed E-state index contributed by atoms with van der Waals surface area (Å²) in [6.45, 7) is 9.06. The molecule has 7 nitrogen and oxygen atoms in total. The maximum Gasteiger partial charge on any atom is 0.251 e. The molecule has 0 radical (unpaired) electrons. The summed E-state index contributed by atoms with van der Waals surface area (Å²) in [4.78, 5) is 23.4. The van der Waals surface area contributed by atoms with Crippen LogP contribution in [0.2, 0.25) is 5.02 Å². The van der Waals surface area contributed by atoms with E-state index in [4.69, 9.17) is 22.1 Å². The molecule has 180 valence electrons. The summed E-state index contributed by atoms with van der Waals surface area (Å²) in [5.41, 5.74) is 8.34. The van der Waals surface area contributed by atoms with Crippen LogP contribution < -0.4 is 20.7 Å². The number of halogens is 1. The fourth-order valence-electron chi connectivity index (χ4n) is 4.32. The van der Waals surface area contributed by atoms with Crippen molar-refractivity contribution < 1.29 is 9.53 Å². The number of rotatable bonds is 10. The van der Waals surface area contributed by atoms with E-state index < -0.39 is 0 Å². The predicted octanol–water partition coefficient (Wildman–Crippen LogP) is 4.29. The van der Waals surface area contributed by atoms with Crippen molar-refractivity contribution in [3.63, 3.8) is 0 Å². The zero-order valence-electron chi connectivity index (χ0n) is 19.9. The van der Waals surface area contributed by atoms with E-state index in [0.29, 0.717) is 24.1 Å². The second kappa shape index (κ2) is 12.2. The molecule has 8 heteroatoms. The largest absolute Gasteiger partial charge is 0.494 e. The van der Waals surface area contributed by atoms with E-state index >= 15 is 0 Å². The molecule has 1 aliphatic rings. The molecule has 33 heavy (non-hydrogen) atoms. The van der Waals surface area contributed by atoms with Crippen molar-refractivity contribution in [2.24, 2.45) is 11.7 Å². The van der Waals surface area contributed by atoms with Crippen molar-refractivity contribution in [1.29, 1.82) is 0 Å². The van der Waals surface area contributed by atoms with Crippen molar-refractivity contribution >= 4 is 23.5 Å². The van der Waals surface area contributed by atoms with Gasteiger partial charge in [0.1, 0.15) is 5.75 Å². The van der Waals surface area contributed by atoms with Gasteiger partial charge in [-0.05, 0) is 82.1 Å². The monoisotopic (exact) mass is 473 g/mol. The first-order valence-electron chi connectivity index (χ1n) is 11.8. The molecule has 1 fully saturated rings. The van der Waals surface area contributed by atoms with E-state index in [9.17, 15) is 4.79 Å². The molecule has 0 unspecified atom stereocenters. The number of benzene rings is 1. The smallest absolute Gasteiger partial charge is 0.251 e. The molecule has 3 rings (SSSR count). The van der Waals surface area contributed by atoms with Crippen molar-refractivity contribution in [2.45, 2.75) is 58.9 Å². The van der Waals surface area contributed by atoms with Crippen molar-refractivity contribution in [1.82, 2.24) is 15.3 Å². The van der Waals surface area contributed by atoms with Crippen LogP contribution in [0, 0.1) is 19.8 Å². The Morgan fingerprint density at radius 3 is 2.48 bits per heavy atom. The maximum atomic E-state index is 12.5. The SMILES string of the molecule is Cc1cc(OCCCC2CCN(c3ncc(Cl)cn3)CC2)cc(C)c1C(=O)NCC[C@H](C)N. The number of aromatic nitrogens is 2. The van der Waals surface area contributed by atoms with Crippen LogP contribution in [0.1, 0.15) is 60.5 Å². The minimum Gasteiger partial charge on any atom is -0.494 e. The predicted molar refractivity (Wildman–Crippen MR) is 133 cm³/mol. The number of ether oxygens (including phenoxy) is 1. The number of carbonyl (C=O) groups is 1. The molecule has 0 bridgehead atoms. The number of aryl methyl sites for hydroxylation is 2. The fraction of sp³-hybridized carbons (Fsp3) is 0.560. The molecule has 1 saturated heterocycles. The minimum absolute atomic E-state index is 0.0486. The summed E-state index contributed by atoms with van der Waals surface area (Å²) in [7, 11) is 0. The first kappa shape index (κ1) is 25.2. The van der Waals surface area contributed by atoms with Gasteiger partial charge in [0, 0.05) is 31.2 Å². The maximum absolute atomic E-state index is 12.5. The van der Waals surface area contributed by atoms with Crippen LogP contribution in [-0.4, -0.2) is 48.2 Å². The Morgan fingerprint density at radius 2 is 1.88 bits per heavy atom. The zero-order chi connectivity index (χ0) is 23.8. The third-order valence-electron chi connectivity index (χ3n) is 6.15. The Hall–Kier alpha value is -2.38. The summed E-state index contributed by atoms with van der Waals surface area (Å²) in [5.74, 6) is 2.24. The highest BCUT2D eigenvalue weighted by molar-refractivity contribution is 6.30. The van der Waals surface area contributed by atoms with Crippen LogP contribution in [0.25, 0.3) is 0 Å². The second-order valence-electron chi connectivity index (χ2n) is 9.08. The molecule has 1 atom stereocenters. The van der Waals surface area contributed by atoms with E-state index in [1.54, 1.807) is 12.4 Å². The Bertz CT molecular complexity index is 889. The van der Waals surface area contributed by atoms with Gasteiger partial charge in [0.05, 0.1) is 24.0 Å². The van der Waals surface area contributed by atoms with E-state index in [2.05, 4.69) is 20.2 Å². The van der Waals surface area contributed by atoms with E-state index in [1.807, 2.05) is 32.9 Å². The molecule has 0 saturated carbocycles. The molecular weight excluding hydrogens is 438 g/mol. The zero-order valence-corrected chi connectivity index (χ0v) is 20.7. The molecule has 3 N–H and O–H groups in total. The molecule has 2 aromatic rings. The number of nitrogens with one attached hydrogen (secondary N) is 1. The number of carbonyl (C=O) groups excluding carboxylic acids is 1. The Kier molecular flexibility index (Phi) is 9.32. The highest BCUT2D eigenvalue weighted by Gasteiger charge is 2.21. The van der Waals surface area contributed by atoms with Gasteiger partial charge in [0.2, 0.25) is 5.95 Å². The van der Waals surface area contributed by atoms with Crippen LogP contribution in [0.3, 0.4) is 0 Å². The summed E-state index contributed by atoms with van der Waals surface area (Å²) >= 11 is 5.88. The lowest BCUT2D eigenvalue weighted by molar-refractivity contribution is 0.0951. The van der Waals surface area contributed by atoms with Gasteiger partial charge in [0.25, 0.3) is 5.91 Å². The first-order chi connectivity index (χ1) is 15.8. The molecule has 1 aromatic carbocycles.